The van der Waals surface area contributed by atoms with E-state index in [0.717, 1.165) is 24.6 Å². The van der Waals surface area contributed by atoms with Gasteiger partial charge in [-0.15, -0.1) is 5.10 Å². The van der Waals surface area contributed by atoms with Crippen molar-refractivity contribution in [1.29, 1.82) is 0 Å². The first-order valence-electron chi connectivity index (χ1n) is 11.0. The van der Waals surface area contributed by atoms with Crippen LogP contribution in [-0.4, -0.2) is 36.4 Å². The zero-order valence-corrected chi connectivity index (χ0v) is 18.8. The highest BCUT2D eigenvalue weighted by Gasteiger charge is 2.37. The average molecular weight is 468 g/mol. The van der Waals surface area contributed by atoms with Crippen LogP contribution in [0.15, 0.2) is 48.9 Å². The molecule has 0 bridgehead atoms. The van der Waals surface area contributed by atoms with Crippen LogP contribution < -0.4 is 4.74 Å². The van der Waals surface area contributed by atoms with Gasteiger partial charge >= 0.3 is 6.18 Å². The number of imidazole rings is 1. The normalized spacial score (nSPS) is 16.2. The van der Waals surface area contributed by atoms with Crippen molar-refractivity contribution in [1.82, 2.24) is 29.3 Å². The lowest BCUT2D eigenvalue weighted by Crippen LogP contribution is -2.15. The van der Waals surface area contributed by atoms with Gasteiger partial charge in [-0.2, -0.15) is 13.2 Å². The number of pyridine rings is 1. The van der Waals surface area contributed by atoms with E-state index in [0.29, 0.717) is 41.9 Å². The van der Waals surface area contributed by atoms with Crippen molar-refractivity contribution in [2.24, 2.45) is 0 Å². The number of nitrogens with zero attached hydrogens (tertiary/aromatic N) is 6. The minimum Gasteiger partial charge on any atom is -0.479 e. The number of hydrogen-bond acceptors (Lipinski definition) is 5. The minimum atomic E-state index is -4.44. The van der Waals surface area contributed by atoms with Gasteiger partial charge in [0, 0.05) is 18.7 Å². The van der Waals surface area contributed by atoms with Crippen molar-refractivity contribution >= 4 is 0 Å². The van der Waals surface area contributed by atoms with Crippen molar-refractivity contribution < 1.29 is 17.9 Å². The Balaban J connectivity index is 1.57. The summed E-state index contributed by atoms with van der Waals surface area (Å²) in [5.41, 5.74) is 1.66. The molecule has 0 N–H and O–H groups in total. The molecule has 0 fully saturated rings. The molecule has 0 spiro atoms. The van der Waals surface area contributed by atoms with E-state index in [2.05, 4.69) is 15.1 Å². The van der Waals surface area contributed by atoms with E-state index in [9.17, 15) is 13.2 Å². The Morgan fingerprint density at radius 2 is 1.88 bits per heavy atom. The molecule has 0 unspecified atom stereocenters. The molecule has 4 heterocycles. The standard InChI is InChI=1S/C24H23F3N6O/c1-15-13-32(14-28-15)20-11-10-19(29-23(20)34-2)21-30-22-17(8-5-6-12-33(22)31-21)16-7-3-4-9-18(16)24(25,26)27/h3-4,7,9-11,13-14,17H,5-6,8,12H2,1-2H3/t17-/m1/s1. The number of rotatable bonds is 4. The van der Waals surface area contributed by atoms with Crippen LogP contribution in [0.1, 0.15) is 47.8 Å². The first-order valence-corrected chi connectivity index (χ1v) is 11.0. The summed E-state index contributed by atoms with van der Waals surface area (Å²) in [6.45, 7) is 2.48. The van der Waals surface area contributed by atoms with E-state index in [1.807, 2.05) is 23.8 Å². The number of benzene rings is 1. The molecule has 0 saturated carbocycles. The molecule has 10 heteroatoms. The topological polar surface area (TPSA) is 70.7 Å². The number of ether oxygens (including phenoxy) is 1. The molecule has 1 aliphatic rings. The number of fused-ring (bicyclic) bond motifs is 1. The molecule has 34 heavy (non-hydrogen) atoms. The maximum Gasteiger partial charge on any atom is 0.416 e. The van der Waals surface area contributed by atoms with Gasteiger partial charge in [-0.05, 0) is 43.5 Å². The molecule has 1 aromatic carbocycles. The summed E-state index contributed by atoms with van der Waals surface area (Å²) < 4.78 is 50.2. The summed E-state index contributed by atoms with van der Waals surface area (Å²) in [5.74, 6) is 0.757. The van der Waals surface area contributed by atoms with Gasteiger partial charge in [0.15, 0.2) is 5.82 Å². The second-order valence-corrected chi connectivity index (χ2v) is 8.30. The molecule has 5 rings (SSSR count). The maximum absolute atomic E-state index is 13.7. The van der Waals surface area contributed by atoms with E-state index >= 15 is 0 Å². The van der Waals surface area contributed by atoms with Crippen LogP contribution in [0.25, 0.3) is 17.2 Å². The highest BCUT2D eigenvalue weighted by molar-refractivity contribution is 5.55. The number of aryl methyl sites for hydroxylation is 2. The molecule has 0 amide bonds. The van der Waals surface area contributed by atoms with Gasteiger partial charge < -0.3 is 9.30 Å². The Kier molecular flexibility index (Phi) is 5.59. The van der Waals surface area contributed by atoms with Gasteiger partial charge in [0.05, 0.1) is 24.7 Å². The lowest BCUT2D eigenvalue weighted by Gasteiger charge is -2.19. The Hall–Kier alpha value is -3.69. The van der Waals surface area contributed by atoms with Crippen LogP contribution in [-0.2, 0) is 12.7 Å². The van der Waals surface area contributed by atoms with Gasteiger partial charge in [-0.1, -0.05) is 24.6 Å². The molecule has 4 aromatic rings. The van der Waals surface area contributed by atoms with Crippen molar-refractivity contribution in [3.05, 3.63) is 71.6 Å². The second-order valence-electron chi connectivity index (χ2n) is 8.30. The Morgan fingerprint density at radius 1 is 1.06 bits per heavy atom. The van der Waals surface area contributed by atoms with E-state index in [4.69, 9.17) is 9.72 Å². The number of halogens is 3. The molecule has 0 radical (unpaired) electrons. The zero-order chi connectivity index (χ0) is 23.9. The van der Waals surface area contributed by atoms with Crippen LogP contribution >= 0.6 is 0 Å². The van der Waals surface area contributed by atoms with E-state index < -0.39 is 17.7 Å². The van der Waals surface area contributed by atoms with Crippen LogP contribution in [0.5, 0.6) is 5.88 Å². The fourth-order valence-corrected chi connectivity index (χ4v) is 4.44. The summed E-state index contributed by atoms with van der Waals surface area (Å²) in [6, 6.07) is 9.34. The predicted molar refractivity (Wildman–Crippen MR) is 119 cm³/mol. The van der Waals surface area contributed by atoms with Gasteiger partial charge in [0.1, 0.15) is 17.2 Å². The zero-order valence-electron chi connectivity index (χ0n) is 18.8. The minimum absolute atomic E-state index is 0.230. The largest absolute Gasteiger partial charge is 0.479 e. The van der Waals surface area contributed by atoms with Crippen molar-refractivity contribution in [2.45, 2.75) is 44.8 Å². The highest BCUT2D eigenvalue weighted by atomic mass is 19.4. The van der Waals surface area contributed by atoms with Crippen molar-refractivity contribution in [3.63, 3.8) is 0 Å². The SMILES string of the molecule is COc1nc(-c2nc3n(n2)CCCC[C@@H]3c2ccccc2C(F)(F)F)ccc1-n1cnc(C)c1. The molecular formula is C24H23F3N6O. The fourth-order valence-electron chi connectivity index (χ4n) is 4.44. The van der Waals surface area contributed by atoms with Gasteiger partial charge in [-0.25, -0.2) is 19.6 Å². The van der Waals surface area contributed by atoms with Gasteiger partial charge in [-0.3, -0.25) is 0 Å². The number of aromatic nitrogens is 6. The van der Waals surface area contributed by atoms with E-state index in [1.54, 1.807) is 29.2 Å². The number of alkyl halides is 3. The van der Waals surface area contributed by atoms with Gasteiger partial charge in [0.2, 0.25) is 5.88 Å². The molecule has 1 aliphatic heterocycles. The lowest BCUT2D eigenvalue weighted by atomic mass is 9.89. The van der Waals surface area contributed by atoms with Gasteiger partial charge in [0.25, 0.3) is 0 Å². The second kappa shape index (κ2) is 8.58. The fraction of sp³-hybridized carbons (Fsp3) is 0.333. The summed E-state index contributed by atoms with van der Waals surface area (Å²) >= 11 is 0. The quantitative estimate of drug-likeness (QED) is 0.413. The molecule has 1 atom stereocenters. The Labute approximate surface area is 194 Å². The summed E-state index contributed by atoms with van der Waals surface area (Å²) in [7, 11) is 1.53. The first kappa shape index (κ1) is 22.1. The third kappa shape index (κ3) is 4.04. The Morgan fingerprint density at radius 3 is 2.62 bits per heavy atom. The number of hydrogen-bond donors (Lipinski definition) is 0. The molecule has 176 valence electrons. The molecule has 7 nitrogen and oxygen atoms in total. The predicted octanol–water partition coefficient (Wildman–Crippen LogP) is 5.18. The van der Waals surface area contributed by atoms with Crippen molar-refractivity contribution in [3.8, 4) is 23.1 Å². The lowest BCUT2D eigenvalue weighted by molar-refractivity contribution is -0.138. The third-order valence-electron chi connectivity index (χ3n) is 6.02. The highest BCUT2D eigenvalue weighted by Crippen LogP contribution is 2.40. The molecule has 0 aliphatic carbocycles. The summed E-state index contributed by atoms with van der Waals surface area (Å²) in [5, 5.41) is 4.62. The van der Waals surface area contributed by atoms with Crippen molar-refractivity contribution in [2.75, 3.05) is 7.11 Å². The Bertz CT molecular complexity index is 1330. The monoisotopic (exact) mass is 468 g/mol. The average Bonchev–Trinajstić information content (AvgIpc) is 3.39. The van der Waals surface area contributed by atoms with E-state index in [1.165, 1.54) is 13.2 Å². The number of methoxy groups -OCH3 is 1. The third-order valence-corrected chi connectivity index (χ3v) is 6.02. The molecule has 0 saturated heterocycles. The van der Waals surface area contributed by atoms with Crippen LogP contribution in [0, 0.1) is 6.92 Å². The van der Waals surface area contributed by atoms with Crippen LogP contribution in [0.4, 0.5) is 13.2 Å². The molecule has 3 aromatic heterocycles. The summed E-state index contributed by atoms with van der Waals surface area (Å²) in [6.07, 6.45) is 1.28. The first-order chi connectivity index (χ1) is 16.3. The molecular weight excluding hydrogens is 445 g/mol. The van der Waals surface area contributed by atoms with Crippen LogP contribution in [0.3, 0.4) is 0 Å². The van der Waals surface area contributed by atoms with Crippen LogP contribution in [0.2, 0.25) is 0 Å². The smallest absolute Gasteiger partial charge is 0.416 e. The summed E-state index contributed by atoms with van der Waals surface area (Å²) in [4.78, 5) is 13.5. The van der Waals surface area contributed by atoms with E-state index in [-0.39, 0.29) is 5.56 Å². The maximum atomic E-state index is 13.7.